The lowest BCUT2D eigenvalue weighted by Gasteiger charge is -2.35. The van der Waals surface area contributed by atoms with Gasteiger partial charge in [0.1, 0.15) is 12.6 Å². The van der Waals surface area contributed by atoms with E-state index in [1.54, 1.807) is 13.0 Å². The van der Waals surface area contributed by atoms with Gasteiger partial charge in [-0.3, -0.25) is 0 Å². The zero-order valence-corrected chi connectivity index (χ0v) is 13.3. The van der Waals surface area contributed by atoms with Gasteiger partial charge in [-0.25, -0.2) is 4.79 Å². The molecule has 0 aliphatic rings. The molecule has 2 atom stereocenters. The van der Waals surface area contributed by atoms with Gasteiger partial charge in [0.25, 0.3) is 0 Å². The molecule has 0 aromatic carbocycles. The summed E-state index contributed by atoms with van der Waals surface area (Å²) in [7, 11) is 2.13. The molecule has 0 rings (SSSR count). The minimum Gasteiger partial charge on any atom is -1.00 e. The highest BCUT2D eigenvalue weighted by molar-refractivity contribution is 5.81. The zero-order valence-electron chi connectivity index (χ0n) is 12.6. The molecule has 0 saturated carbocycles. The standard InChI is InChI=1S/C14H28NO3.ClH/c1-5-9-14(17)18-11-8-10-15(4,7-3)12-13(16)6-2;/h5,9,13,16H,6-8,10-12H2,1-4H3;1H/q+1;/p-1. The number of halogens is 1. The second-order valence-electron chi connectivity index (χ2n) is 4.93. The van der Waals surface area contributed by atoms with E-state index in [9.17, 15) is 9.90 Å². The van der Waals surface area contributed by atoms with E-state index >= 15 is 0 Å². The van der Waals surface area contributed by atoms with E-state index in [0.29, 0.717) is 6.61 Å². The predicted octanol–water partition coefficient (Wildman–Crippen LogP) is -1.26. The molecule has 0 bridgehead atoms. The number of likely N-dealkylation sites (N-methyl/N-ethyl adjacent to an activating group) is 1. The molecular weight excluding hydrogens is 266 g/mol. The van der Waals surface area contributed by atoms with Crippen molar-refractivity contribution in [3.05, 3.63) is 12.2 Å². The van der Waals surface area contributed by atoms with E-state index in [-0.39, 0.29) is 24.5 Å². The molecule has 0 aliphatic carbocycles. The summed E-state index contributed by atoms with van der Waals surface area (Å²) in [4.78, 5) is 11.1. The fourth-order valence-electron chi connectivity index (χ4n) is 1.82. The summed E-state index contributed by atoms with van der Waals surface area (Å²) in [5.74, 6) is -0.281. The van der Waals surface area contributed by atoms with Crippen LogP contribution in [0.25, 0.3) is 0 Å². The predicted molar refractivity (Wildman–Crippen MR) is 73.1 cm³/mol. The third-order valence-electron chi connectivity index (χ3n) is 3.28. The van der Waals surface area contributed by atoms with Crippen LogP contribution in [0.5, 0.6) is 0 Å². The van der Waals surface area contributed by atoms with Crippen molar-refractivity contribution >= 4 is 5.97 Å². The van der Waals surface area contributed by atoms with Crippen LogP contribution in [0.15, 0.2) is 12.2 Å². The molecule has 1 N–H and O–H groups in total. The van der Waals surface area contributed by atoms with E-state index in [0.717, 1.165) is 37.0 Å². The van der Waals surface area contributed by atoms with E-state index in [1.807, 2.05) is 6.92 Å². The number of carbonyl (C=O) groups excluding carboxylic acids is 1. The maximum absolute atomic E-state index is 11.1. The molecule has 4 nitrogen and oxygen atoms in total. The Morgan fingerprint density at radius 2 is 2.05 bits per heavy atom. The summed E-state index contributed by atoms with van der Waals surface area (Å²) in [5, 5.41) is 9.73. The van der Waals surface area contributed by atoms with Crippen LogP contribution in [0.3, 0.4) is 0 Å². The maximum Gasteiger partial charge on any atom is 0.330 e. The fraction of sp³-hybridized carbons (Fsp3) is 0.786. The number of quaternary nitrogens is 1. The Hall–Kier alpha value is -0.580. The lowest BCUT2D eigenvalue weighted by atomic mass is 10.2. The molecule has 0 spiro atoms. The second kappa shape index (κ2) is 11.3. The van der Waals surface area contributed by atoms with Gasteiger partial charge >= 0.3 is 5.97 Å². The smallest absolute Gasteiger partial charge is 0.330 e. The Bertz CT molecular complexity index is 271. The monoisotopic (exact) mass is 293 g/mol. The first-order chi connectivity index (χ1) is 8.47. The molecule has 0 aliphatic heterocycles. The fourth-order valence-corrected chi connectivity index (χ4v) is 1.82. The molecule has 19 heavy (non-hydrogen) atoms. The number of ether oxygens (including phenoxy) is 1. The summed E-state index contributed by atoms with van der Waals surface area (Å²) in [6.45, 7) is 8.99. The van der Waals surface area contributed by atoms with Crippen molar-refractivity contribution in [1.82, 2.24) is 0 Å². The van der Waals surface area contributed by atoms with Crippen LogP contribution in [-0.4, -0.2) is 55.0 Å². The first-order valence-corrected chi connectivity index (χ1v) is 6.78. The van der Waals surface area contributed by atoms with Gasteiger partial charge in [0.2, 0.25) is 0 Å². The summed E-state index contributed by atoms with van der Waals surface area (Å²) in [5.41, 5.74) is 0. The van der Waals surface area contributed by atoms with Gasteiger partial charge in [-0.15, -0.1) is 0 Å². The van der Waals surface area contributed by atoms with Crippen LogP contribution in [0.2, 0.25) is 0 Å². The lowest BCUT2D eigenvalue weighted by Crippen LogP contribution is -3.00. The number of hydrogen-bond donors (Lipinski definition) is 1. The molecule has 0 saturated heterocycles. The largest absolute Gasteiger partial charge is 1.00 e. The lowest BCUT2D eigenvalue weighted by molar-refractivity contribution is -0.911. The molecule has 0 aromatic rings. The summed E-state index contributed by atoms with van der Waals surface area (Å²) in [6, 6.07) is 0. The third kappa shape index (κ3) is 9.93. The molecule has 0 fully saturated rings. The zero-order chi connectivity index (χ0) is 14.0. The van der Waals surface area contributed by atoms with E-state index in [4.69, 9.17) is 4.74 Å². The number of allylic oxidation sites excluding steroid dienone is 1. The minimum atomic E-state index is -0.281. The number of carbonyl (C=O) groups is 1. The Morgan fingerprint density at radius 1 is 1.42 bits per heavy atom. The van der Waals surface area contributed by atoms with Crippen molar-refractivity contribution in [2.24, 2.45) is 0 Å². The number of aliphatic hydroxyl groups excluding tert-OH is 1. The highest BCUT2D eigenvalue weighted by atomic mass is 35.5. The third-order valence-corrected chi connectivity index (χ3v) is 3.28. The number of esters is 1. The Morgan fingerprint density at radius 3 is 2.53 bits per heavy atom. The van der Waals surface area contributed by atoms with Crippen LogP contribution in [0.1, 0.15) is 33.6 Å². The van der Waals surface area contributed by atoms with Crippen molar-refractivity contribution in [1.29, 1.82) is 0 Å². The normalized spacial score (nSPS) is 15.6. The molecule has 2 unspecified atom stereocenters. The van der Waals surface area contributed by atoms with Crippen LogP contribution < -0.4 is 12.4 Å². The van der Waals surface area contributed by atoms with Gasteiger partial charge in [0, 0.05) is 12.5 Å². The number of rotatable bonds is 9. The average molecular weight is 294 g/mol. The van der Waals surface area contributed by atoms with Gasteiger partial charge in [-0.2, -0.15) is 0 Å². The summed E-state index contributed by atoms with van der Waals surface area (Å²) >= 11 is 0. The summed E-state index contributed by atoms with van der Waals surface area (Å²) in [6.07, 6.45) is 4.45. The second-order valence-corrected chi connectivity index (χ2v) is 4.93. The first-order valence-electron chi connectivity index (χ1n) is 6.78. The van der Waals surface area contributed by atoms with Gasteiger partial charge in [0.05, 0.1) is 26.7 Å². The average Bonchev–Trinajstić information content (AvgIpc) is 2.35. The van der Waals surface area contributed by atoms with Crippen LogP contribution in [-0.2, 0) is 9.53 Å². The highest BCUT2D eigenvalue weighted by Gasteiger charge is 2.22. The molecule has 0 aromatic heterocycles. The molecule has 5 heteroatoms. The van der Waals surface area contributed by atoms with Crippen LogP contribution >= 0.6 is 0 Å². The van der Waals surface area contributed by atoms with Crippen molar-refractivity contribution in [2.75, 3.05) is 33.3 Å². The highest BCUT2D eigenvalue weighted by Crippen LogP contribution is 2.07. The minimum absolute atomic E-state index is 0. The van der Waals surface area contributed by atoms with Gasteiger partial charge in [-0.1, -0.05) is 13.0 Å². The first kappa shape index (κ1) is 20.7. The van der Waals surface area contributed by atoms with Gasteiger partial charge in [0.15, 0.2) is 0 Å². The molecule has 0 heterocycles. The molecule has 0 amide bonds. The van der Waals surface area contributed by atoms with Crippen molar-refractivity contribution < 1.29 is 31.5 Å². The van der Waals surface area contributed by atoms with E-state index < -0.39 is 0 Å². The number of aliphatic hydroxyl groups is 1. The molecule has 0 radical (unpaired) electrons. The number of hydrogen-bond acceptors (Lipinski definition) is 3. The van der Waals surface area contributed by atoms with Gasteiger partial charge < -0.3 is 26.7 Å². The van der Waals surface area contributed by atoms with E-state index in [2.05, 4.69) is 14.0 Å². The van der Waals surface area contributed by atoms with E-state index in [1.165, 1.54) is 6.08 Å². The Kier molecular flexibility index (Phi) is 12.3. The van der Waals surface area contributed by atoms with Gasteiger partial charge in [-0.05, 0) is 20.3 Å². The van der Waals surface area contributed by atoms with Crippen molar-refractivity contribution in [3.8, 4) is 0 Å². The Labute approximate surface area is 123 Å². The summed E-state index contributed by atoms with van der Waals surface area (Å²) < 4.78 is 5.87. The Balaban J connectivity index is 0. The van der Waals surface area contributed by atoms with Crippen LogP contribution in [0, 0.1) is 0 Å². The van der Waals surface area contributed by atoms with Crippen LogP contribution in [0.4, 0.5) is 0 Å². The SMILES string of the molecule is CC=CC(=O)OCCC[N+](C)(CC)CC(O)CC.[Cl-]. The maximum atomic E-state index is 11.1. The quantitative estimate of drug-likeness (QED) is 0.250. The topological polar surface area (TPSA) is 46.5 Å². The molecular formula is C14H28ClNO3. The van der Waals surface area contributed by atoms with Crippen molar-refractivity contribution in [3.63, 3.8) is 0 Å². The van der Waals surface area contributed by atoms with Crippen molar-refractivity contribution in [2.45, 2.75) is 39.7 Å². The molecule has 114 valence electrons. The number of nitrogens with zero attached hydrogens (tertiary/aromatic N) is 1.